The minimum atomic E-state index is -0.490. The fourth-order valence-electron chi connectivity index (χ4n) is 1.29. The number of rotatable bonds is 6. The molecule has 1 aromatic heterocycles. The van der Waals surface area contributed by atoms with Gasteiger partial charge in [-0.15, -0.1) is 0 Å². The van der Waals surface area contributed by atoms with Crippen LogP contribution in [0.15, 0.2) is 6.33 Å². The lowest BCUT2D eigenvalue weighted by atomic mass is 10.2. The van der Waals surface area contributed by atoms with Gasteiger partial charge in [0.1, 0.15) is 6.33 Å². The normalized spacial score (nSPS) is 12.3. The molecule has 1 rings (SSSR count). The highest BCUT2D eigenvalue weighted by Crippen LogP contribution is 2.29. The second kappa shape index (κ2) is 6.10. The van der Waals surface area contributed by atoms with Crippen molar-refractivity contribution in [3.8, 4) is 0 Å². The van der Waals surface area contributed by atoms with E-state index in [1.54, 1.807) is 19.1 Å². The number of hydrazine groups is 1. The van der Waals surface area contributed by atoms with Crippen molar-refractivity contribution >= 4 is 17.3 Å². The van der Waals surface area contributed by atoms with E-state index in [1.807, 2.05) is 13.8 Å². The van der Waals surface area contributed by atoms with Crippen LogP contribution in [0.3, 0.4) is 0 Å². The van der Waals surface area contributed by atoms with E-state index < -0.39 is 4.92 Å². The van der Waals surface area contributed by atoms with Gasteiger partial charge in [-0.25, -0.2) is 15.0 Å². The second-order valence-electron chi connectivity index (χ2n) is 4.14. The topological polar surface area (TPSA) is 96.2 Å². The monoisotopic (exact) mass is 254 g/mol. The van der Waals surface area contributed by atoms with Crippen LogP contribution >= 0.6 is 0 Å². The molecule has 18 heavy (non-hydrogen) atoms. The molecule has 1 aromatic rings. The first-order valence-electron chi connectivity index (χ1n) is 5.65. The molecule has 8 nitrogen and oxygen atoms in total. The van der Waals surface area contributed by atoms with Crippen LogP contribution < -0.4 is 10.7 Å². The number of anilines is 2. The molecule has 1 unspecified atom stereocenters. The molecule has 0 aliphatic rings. The van der Waals surface area contributed by atoms with Crippen LogP contribution in [0.25, 0.3) is 0 Å². The van der Waals surface area contributed by atoms with Crippen molar-refractivity contribution in [1.82, 2.24) is 15.0 Å². The van der Waals surface area contributed by atoms with E-state index in [0.29, 0.717) is 0 Å². The largest absolute Gasteiger partial charge is 0.362 e. The second-order valence-corrected chi connectivity index (χ2v) is 4.14. The molecule has 0 aromatic carbocycles. The Morgan fingerprint density at radius 1 is 1.44 bits per heavy atom. The third-order valence-electron chi connectivity index (χ3n) is 2.33. The number of hydrogen-bond donors (Lipinski definition) is 2. The Bertz CT molecular complexity index is 423. The highest BCUT2D eigenvalue weighted by Gasteiger charge is 2.23. The van der Waals surface area contributed by atoms with Gasteiger partial charge in [0, 0.05) is 20.1 Å². The van der Waals surface area contributed by atoms with Gasteiger partial charge in [0.15, 0.2) is 0 Å². The Labute approximate surface area is 106 Å². The van der Waals surface area contributed by atoms with Crippen molar-refractivity contribution < 1.29 is 4.92 Å². The van der Waals surface area contributed by atoms with Gasteiger partial charge in [0.25, 0.3) is 0 Å². The van der Waals surface area contributed by atoms with Gasteiger partial charge in [-0.05, 0) is 13.3 Å². The predicted octanol–water partition coefficient (Wildman–Crippen LogP) is 1.48. The van der Waals surface area contributed by atoms with Crippen LogP contribution in [0.5, 0.6) is 0 Å². The van der Waals surface area contributed by atoms with Crippen molar-refractivity contribution in [1.29, 1.82) is 0 Å². The van der Waals surface area contributed by atoms with Crippen LogP contribution in [-0.2, 0) is 0 Å². The summed E-state index contributed by atoms with van der Waals surface area (Å²) in [7, 11) is 3.46. The summed E-state index contributed by atoms with van der Waals surface area (Å²) in [6, 6.07) is 0.103. The van der Waals surface area contributed by atoms with Gasteiger partial charge in [0.2, 0.25) is 11.6 Å². The number of hydrogen-bond acceptors (Lipinski definition) is 7. The van der Waals surface area contributed by atoms with Crippen molar-refractivity contribution in [2.24, 2.45) is 0 Å². The minimum absolute atomic E-state index is 0.103. The summed E-state index contributed by atoms with van der Waals surface area (Å²) in [6.07, 6.45) is 2.14. The minimum Gasteiger partial charge on any atom is -0.362 e. The quantitative estimate of drug-likeness (QED) is 0.586. The lowest BCUT2D eigenvalue weighted by molar-refractivity contribution is -0.383. The SMILES string of the molecule is CCC(C)Nc1ncnc(NN(C)C)c1[N+](=O)[O-]. The summed E-state index contributed by atoms with van der Waals surface area (Å²) in [5.74, 6) is 0.402. The van der Waals surface area contributed by atoms with E-state index >= 15 is 0 Å². The van der Waals surface area contributed by atoms with E-state index in [2.05, 4.69) is 20.7 Å². The molecule has 0 radical (unpaired) electrons. The lowest BCUT2D eigenvalue weighted by Crippen LogP contribution is -2.22. The first-order valence-corrected chi connectivity index (χ1v) is 5.65. The van der Waals surface area contributed by atoms with Gasteiger partial charge in [-0.1, -0.05) is 6.92 Å². The molecule has 0 spiro atoms. The van der Waals surface area contributed by atoms with Gasteiger partial charge in [-0.3, -0.25) is 15.5 Å². The standard InChI is InChI=1S/C10H18N6O2/c1-5-7(2)13-9-8(16(17)18)10(12-6-11-9)14-15(3)4/h6-7H,5H2,1-4H3,(H2,11,12,13,14). The fraction of sp³-hybridized carbons (Fsp3) is 0.600. The number of nitrogens with one attached hydrogen (secondary N) is 2. The Morgan fingerprint density at radius 2 is 2.06 bits per heavy atom. The van der Waals surface area contributed by atoms with Crippen molar-refractivity contribution in [3.63, 3.8) is 0 Å². The lowest BCUT2D eigenvalue weighted by Gasteiger charge is -2.15. The van der Waals surface area contributed by atoms with Gasteiger partial charge in [0.05, 0.1) is 4.92 Å². The molecular weight excluding hydrogens is 236 g/mol. The highest BCUT2D eigenvalue weighted by molar-refractivity contribution is 5.69. The zero-order chi connectivity index (χ0) is 13.7. The number of nitrogens with zero attached hydrogens (tertiary/aromatic N) is 4. The van der Waals surface area contributed by atoms with E-state index in [1.165, 1.54) is 6.33 Å². The first-order chi connectivity index (χ1) is 8.45. The Morgan fingerprint density at radius 3 is 2.56 bits per heavy atom. The summed E-state index contributed by atoms with van der Waals surface area (Å²) >= 11 is 0. The third kappa shape index (κ3) is 3.52. The Balaban J connectivity index is 3.13. The number of nitro groups is 1. The molecule has 0 aliphatic carbocycles. The molecule has 0 saturated heterocycles. The van der Waals surface area contributed by atoms with Crippen LogP contribution in [0.4, 0.5) is 17.3 Å². The summed E-state index contributed by atoms with van der Waals surface area (Å²) < 4.78 is 0. The molecule has 0 fully saturated rings. The summed E-state index contributed by atoms with van der Waals surface area (Å²) in [6.45, 7) is 3.93. The Kier molecular flexibility index (Phi) is 4.78. The molecule has 1 heterocycles. The fourth-order valence-corrected chi connectivity index (χ4v) is 1.29. The van der Waals surface area contributed by atoms with Gasteiger partial charge in [-0.2, -0.15) is 0 Å². The zero-order valence-electron chi connectivity index (χ0n) is 11.0. The van der Waals surface area contributed by atoms with Crippen LogP contribution in [-0.4, -0.2) is 40.0 Å². The maximum absolute atomic E-state index is 11.1. The zero-order valence-corrected chi connectivity index (χ0v) is 11.0. The van der Waals surface area contributed by atoms with Crippen molar-refractivity contribution in [3.05, 3.63) is 16.4 Å². The van der Waals surface area contributed by atoms with Crippen LogP contribution in [0.1, 0.15) is 20.3 Å². The van der Waals surface area contributed by atoms with Gasteiger partial charge < -0.3 is 5.32 Å². The predicted molar refractivity (Wildman–Crippen MR) is 69.4 cm³/mol. The molecular formula is C10H18N6O2. The van der Waals surface area contributed by atoms with E-state index in [9.17, 15) is 10.1 Å². The Hall–Kier alpha value is -1.96. The molecule has 0 saturated carbocycles. The van der Waals surface area contributed by atoms with Crippen LogP contribution in [0.2, 0.25) is 0 Å². The average molecular weight is 254 g/mol. The molecule has 0 bridgehead atoms. The maximum Gasteiger partial charge on any atom is 0.354 e. The number of aromatic nitrogens is 2. The van der Waals surface area contributed by atoms with Crippen molar-refractivity contribution in [2.45, 2.75) is 26.3 Å². The first kappa shape index (κ1) is 14.1. The molecule has 2 N–H and O–H groups in total. The third-order valence-corrected chi connectivity index (χ3v) is 2.33. The summed E-state index contributed by atoms with van der Waals surface area (Å²) in [5.41, 5.74) is 2.64. The van der Waals surface area contributed by atoms with E-state index in [-0.39, 0.29) is 23.4 Å². The smallest absolute Gasteiger partial charge is 0.354 e. The average Bonchev–Trinajstić information content (AvgIpc) is 2.27. The molecule has 1 atom stereocenters. The van der Waals surface area contributed by atoms with Crippen LogP contribution in [0, 0.1) is 10.1 Å². The molecule has 8 heteroatoms. The summed E-state index contributed by atoms with van der Waals surface area (Å²) in [5, 5.41) is 15.7. The van der Waals surface area contributed by atoms with E-state index in [4.69, 9.17) is 0 Å². The van der Waals surface area contributed by atoms with Crippen molar-refractivity contribution in [2.75, 3.05) is 24.8 Å². The molecule has 0 amide bonds. The summed E-state index contributed by atoms with van der Waals surface area (Å²) in [4.78, 5) is 18.5. The van der Waals surface area contributed by atoms with E-state index in [0.717, 1.165) is 6.42 Å². The maximum atomic E-state index is 11.1. The highest BCUT2D eigenvalue weighted by atomic mass is 16.6. The van der Waals surface area contributed by atoms with Gasteiger partial charge >= 0.3 is 5.69 Å². The molecule has 0 aliphatic heterocycles. The molecule has 100 valence electrons.